The number of nitrogens with zero attached hydrogens (tertiary/aromatic N) is 2. The molecular weight excluding hydrogens is 319 g/mol. The van der Waals surface area contributed by atoms with Crippen LogP contribution >= 0.6 is 0 Å². The minimum atomic E-state index is -3.67. The first-order valence-electron chi connectivity index (χ1n) is 8.14. The molecule has 5 nitrogen and oxygen atoms in total. The Balaban J connectivity index is 1.78. The van der Waals surface area contributed by atoms with Crippen LogP contribution in [-0.2, 0) is 10.0 Å². The molecule has 1 aromatic carbocycles. The van der Waals surface area contributed by atoms with Gasteiger partial charge in [0.25, 0.3) is 0 Å². The Morgan fingerprint density at radius 2 is 1.91 bits per heavy atom. The van der Waals surface area contributed by atoms with Gasteiger partial charge in [0.05, 0.1) is 11.5 Å². The quantitative estimate of drug-likeness (QED) is 0.879. The molecule has 2 fully saturated rings. The maximum atomic E-state index is 13.4. The minimum absolute atomic E-state index is 0.0181. The minimum Gasteiger partial charge on any atom is -0.395 e. The molecule has 0 saturated carbocycles. The molecule has 2 unspecified atom stereocenters. The van der Waals surface area contributed by atoms with Crippen molar-refractivity contribution in [2.75, 3.05) is 26.2 Å². The molecule has 3 rings (SSSR count). The van der Waals surface area contributed by atoms with Gasteiger partial charge in [0.1, 0.15) is 5.82 Å². The average Bonchev–Trinajstić information content (AvgIpc) is 3.17. The fourth-order valence-corrected chi connectivity index (χ4v) is 5.40. The Morgan fingerprint density at radius 3 is 2.65 bits per heavy atom. The third-order valence-corrected chi connectivity index (χ3v) is 6.83. The number of benzene rings is 1. The highest BCUT2D eigenvalue weighted by molar-refractivity contribution is 7.89. The number of aliphatic hydroxyl groups is 1. The number of hydrogen-bond acceptors (Lipinski definition) is 4. The van der Waals surface area contributed by atoms with Gasteiger partial charge in [-0.3, -0.25) is 4.90 Å². The van der Waals surface area contributed by atoms with E-state index in [4.69, 9.17) is 0 Å². The van der Waals surface area contributed by atoms with E-state index in [1.54, 1.807) is 0 Å². The van der Waals surface area contributed by atoms with Crippen molar-refractivity contribution in [3.63, 3.8) is 0 Å². The molecule has 0 amide bonds. The lowest BCUT2D eigenvalue weighted by Gasteiger charge is -2.30. The highest BCUT2D eigenvalue weighted by atomic mass is 32.2. The lowest BCUT2D eigenvalue weighted by atomic mass is 10.2. The standard InChI is InChI=1S/C16H23FN2O3S/c17-13-4-1-7-16(10-13)23(21,22)19-9-3-5-14(19)11-18-8-2-6-15(18)12-20/h1,4,7,10,14-15,20H,2-3,5-6,8-9,11-12H2. The van der Waals surface area contributed by atoms with Crippen molar-refractivity contribution in [3.8, 4) is 0 Å². The number of likely N-dealkylation sites (tertiary alicyclic amines) is 1. The monoisotopic (exact) mass is 342 g/mol. The molecule has 1 N–H and O–H groups in total. The normalized spacial score (nSPS) is 26.9. The highest BCUT2D eigenvalue weighted by Crippen LogP contribution is 2.28. The summed E-state index contributed by atoms with van der Waals surface area (Å²) in [5.74, 6) is -0.540. The van der Waals surface area contributed by atoms with E-state index in [0.717, 1.165) is 38.3 Å². The Kier molecular flexibility index (Phi) is 5.01. The Labute approximate surface area is 136 Å². The van der Waals surface area contributed by atoms with E-state index >= 15 is 0 Å². The van der Waals surface area contributed by atoms with E-state index < -0.39 is 15.8 Å². The molecule has 0 spiro atoms. The van der Waals surface area contributed by atoms with Gasteiger partial charge in [-0.25, -0.2) is 12.8 Å². The topological polar surface area (TPSA) is 60.9 Å². The van der Waals surface area contributed by atoms with E-state index in [9.17, 15) is 17.9 Å². The first-order valence-corrected chi connectivity index (χ1v) is 9.58. The SMILES string of the molecule is O=S(=O)(c1cccc(F)c1)N1CCCC1CN1CCCC1CO. The smallest absolute Gasteiger partial charge is 0.243 e. The van der Waals surface area contributed by atoms with Crippen LogP contribution in [0, 0.1) is 5.82 Å². The molecule has 0 aromatic heterocycles. The molecule has 2 aliphatic rings. The van der Waals surface area contributed by atoms with Crippen LogP contribution in [0.2, 0.25) is 0 Å². The molecule has 0 bridgehead atoms. The number of hydrogen-bond donors (Lipinski definition) is 1. The summed E-state index contributed by atoms with van der Waals surface area (Å²) in [6, 6.07) is 5.23. The Morgan fingerprint density at radius 1 is 1.17 bits per heavy atom. The summed E-state index contributed by atoms with van der Waals surface area (Å²) in [5, 5.41) is 9.43. The second kappa shape index (κ2) is 6.84. The molecule has 0 radical (unpaired) electrons. The predicted octanol–water partition coefficient (Wildman–Crippen LogP) is 1.44. The second-order valence-corrected chi connectivity index (χ2v) is 8.23. The van der Waals surface area contributed by atoms with E-state index in [1.807, 2.05) is 0 Å². The largest absolute Gasteiger partial charge is 0.395 e. The lowest BCUT2D eigenvalue weighted by Crippen LogP contribution is -2.45. The number of rotatable bonds is 5. The summed E-state index contributed by atoms with van der Waals surface area (Å²) in [4.78, 5) is 2.20. The van der Waals surface area contributed by atoms with Crippen molar-refractivity contribution in [2.45, 2.75) is 42.7 Å². The van der Waals surface area contributed by atoms with Crippen molar-refractivity contribution < 1.29 is 17.9 Å². The zero-order chi connectivity index (χ0) is 16.4. The van der Waals surface area contributed by atoms with Gasteiger partial charge >= 0.3 is 0 Å². The molecule has 0 aliphatic carbocycles. The van der Waals surface area contributed by atoms with Gasteiger partial charge in [0.15, 0.2) is 0 Å². The van der Waals surface area contributed by atoms with Gasteiger partial charge in [-0.2, -0.15) is 4.31 Å². The summed E-state index contributed by atoms with van der Waals surface area (Å²) >= 11 is 0. The van der Waals surface area contributed by atoms with Gasteiger partial charge in [-0.15, -0.1) is 0 Å². The number of sulfonamides is 1. The molecule has 7 heteroatoms. The van der Waals surface area contributed by atoms with Crippen molar-refractivity contribution >= 4 is 10.0 Å². The number of halogens is 1. The van der Waals surface area contributed by atoms with E-state index in [-0.39, 0.29) is 23.6 Å². The fourth-order valence-electron chi connectivity index (χ4n) is 3.68. The zero-order valence-corrected chi connectivity index (χ0v) is 13.9. The molecule has 1 aromatic rings. The van der Waals surface area contributed by atoms with Crippen LogP contribution in [-0.4, -0.2) is 61.1 Å². The van der Waals surface area contributed by atoms with Crippen LogP contribution < -0.4 is 0 Å². The van der Waals surface area contributed by atoms with Crippen LogP contribution in [0.3, 0.4) is 0 Å². The summed E-state index contributed by atoms with van der Waals surface area (Å²) in [5.41, 5.74) is 0. The molecule has 2 aliphatic heterocycles. The van der Waals surface area contributed by atoms with Crippen molar-refractivity contribution in [1.29, 1.82) is 0 Å². The Bertz CT molecular complexity index is 652. The summed E-state index contributed by atoms with van der Waals surface area (Å²) in [6.07, 6.45) is 3.62. The number of aliphatic hydroxyl groups excluding tert-OH is 1. The first-order chi connectivity index (χ1) is 11.0. The van der Waals surface area contributed by atoms with E-state index in [0.29, 0.717) is 13.1 Å². The zero-order valence-electron chi connectivity index (χ0n) is 13.1. The van der Waals surface area contributed by atoms with Gasteiger partial charge in [-0.05, 0) is 50.4 Å². The van der Waals surface area contributed by atoms with Crippen molar-refractivity contribution in [1.82, 2.24) is 9.21 Å². The van der Waals surface area contributed by atoms with Crippen LogP contribution in [0.25, 0.3) is 0 Å². The van der Waals surface area contributed by atoms with Gasteiger partial charge in [0, 0.05) is 25.2 Å². The molecule has 2 heterocycles. The van der Waals surface area contributed by atoms with E-state index in [2.05, 4.69) is 4.90 Å². The third kappa shape index (κ3) is 3.42. The summed E-state index contributed by atoms with van der Waals surface area (Å²) in [6.45, 7) is 2.12. The predicted molar refractivity (Wildman–Crippen MR) is 85.0 cm³/mol. The lowest BCUT2D eigenvalue weighted by molar-refractivity contribution is 0.140. The van der Waals surface area contributed by atoms with Gasteiger partial charge in [0.2, 0.25) is 10.0 Å². The Hall–Kier alpha value is -1.02. The molecule has 2 atom stereocenters. The molecule has 128 valence electrons. The maximum Gasteiger partial charge on any atom is 0.243 e. The molecule has 23 heavy (non-hydrogen) atoms. The fraction of sp³-hybridized carbons (Fsp3) is 0.625. The summed E-state index contributed by atoms with van der Waals surface area (Å²) in [7, 11) is -3.67. The molecular formula is C16H23FN2O3S. The van der Waals surface area contributed by atoms with Crippen molar-refractivity contribution in [2.24, 2.45) is 0 Å². The van der Waals surface area contributed by atoms with Crippen molar-refractivity contribution in [3.05, 3.63) is 30.1 Å². The van der Waals surface area contributed by atoms with Crippen LogP contribution in [0.5, 0.6) is 0 Å². The van der Waals surface area contributed by atoms with Crippen LogP contribution in [0.4, 0.5) is 4.39 Å². The maximum absolute atomic E-state index is 13.4. The van der Waals surface area contributed by atoms with E-state index in [1.165, 1.54) is 22.5 Å². The summed E-state index contributed by atoms with van der Waals surface area (Å²) < 4.78 is 40.5. The van der Waals surface area contributed by atoms with Crippen LogP contribution in [0.15, 0.2) is 29.2 Å². The third-order valence-electron chi connectivity index (χ3n) is 4.88. The average molecular weight is 342 g/mol. The first kappa shape index (κ1) is 16.8. The second-order valence-electron chi connectivity index (χ2n) is 6.34. The highest BCUT2D eigenvalue weighted by Gasteiger charge is 2.38. The van der Waals surface area contributed by atoms with Gasteiger partial charge in [-0.1, -0.05) is 6.07 Å². The van der Waals surface area contributed by atoms with Crippen LogP contribution in [0.1, 0.15) is 25.7 Å². The van der Waals surface area contributed by atoms with Gasteiger partial charge < -0.3 is 5.11 Å². The molecule has 2 saturated heterocycles.